The molecule has 1 saturated heterocycles. The molecule has 0 aliphatic carbocycles. The highest BCUT2D eigenvalue weighted by atomic mass is 15.3. The van der Waals surface area contributed by atoms with Crippen LogP contribution in [0.5, 0.6) is 0 Å². The van der Waals surface area contributed by atoms with E-state index in [2.05, 4.69) is 33.3 Å². The average molecular weight is 271 g/mol. The zero-order valence-corrected chi connectivity index (χ0v) is 11.8. The second-order valence-electron chi connectivity index (χ2n) is 5.37. The van der Waals surface area contributed by atoms with Crippen LogP contribution >= 0.6 is 0 Å². The monoisotopic (exact) mass is 271 g/mol. The SMILES string of the molecule is CCC1CCN(c2nc(NN)nc3ccccc23)CC1. The van der Waals surface area contributed by atoms with E-state index in [0.717, 1.165) is 35.7 Å². The Hall–Kier alpha value is -1.88. The molecule has 0 radical (unpaired) electrons. The summed E-state index contributed by atoms with van der Waals surface area (Å²) < 4.78 is 0. The Morgan fingerprint density at radius 2 is 2.00 bits per heavy atom. The van der Waals surface area contributed by atoms with Gasteiger partial charge < -0.3 is 4.90 Å². The molecule has 20 heavy (non-hydrogen) atoms. The molecule has 106 valence electrons. The number of benzene rings is 1. The Kier molecular flexibility index (Phi) is 3.69. The maximum absolute atomic E-state index is 5.49. The molecular formula is C15H21N5. The van der Waals surface area contributed by atoms with Crippen LogP contribution in [-0.4, -0.2) is 23.1 Å². The first-order valence-corrected chi connectivity index (χ1v) is 7.30. The Bertz CT molecular complexity index is 590. The number of nitrogens with two attached hydrogens (primary N) is 1. The van der Waals surface area contributed by atoms with Gasteiger partial charge in [-0.25, -0.2) is 10.8 Å². The van der Waals surface area contributed by atoms with Crippen molar-refractivity contribution < 1.29 is 0 Å². The zero-order valence-electron chi connectivity index (χ0n) is 11.8. The number of anilines is 2. The van der Waals surface area contributed by atoms with Crippen molar-refractivity contribution in [2.75, 3.05) is 23.4 Å². The lowest BCUT2D eigenvalue weighted by molar-refractivity contribution is 0.394. The van der Waals surface area contributed by atoms with E-state index in [9.17, 15) is 0 Å². The van der Waals surface area contributed by atoms with E-state index >= 15 is 0 Å². The van der Waals surface area contributed by atoms with Crippen molar-refractivity contribution in [1.29, 1.82) is 0 Å². The van der Waals surface area contributed by atoms with E-state index in [1.54, 1.807) is 0 Å². The summed E-state index contributed by atoms with van der Waals surface area (Å²) in [4.78, 5) is 11.3. The first-order valence-electron chi connectivity index (χ1n) is 7.30. The fourth-order valence-electron chi connectivity index (χ4n) is 2.92. The Morgan fingerprint density at radius 1 is 1.25 bits per heavy atom. The first kappa shape index (κ1) is 13.1. The molecular weight excluding hydrogens is 250 g/mol. The summed E-state index contributed by atoms with van der Waals surface area (Å²) in [6.07, 6.45) is 3.74. The van der Waals surface area contributed by atoms with Gasteiger partial charge in [0.15, 0.2) is 0 Å². The van der Waals surface area contributed by atoms with Crippen molar-refractivity contribution in [2.24, 2.45) is 11.8 Å². The standard InChI is InChI=1S/C15H21N5/c1-2-11-7-9-20(10-8-11)14-12-5-3-4-6-13(12)17-15(18-14)19-16/h3-6,11H,2,7-10,16H2,1H3,(H,17,18,19). The van der Waals surface area contributed by atoms with Gasteiger partial charge in [0.2, 0.25) is 5.95 Å². The van der Waals surface area contributed by atoms with E-state index in [4.69, 9.17) is 5.84 Å². The van der Waals surface area contributed by atoms with E-state index in [-0.39, 0.29) is 0 Å². The molecule has 0 unspecified atom stereocenters. The van der Waals surface area contributed by atoms with Gasteiger partial charge in [0.05, 0.1) is 5.52 Å². The van der Waals surface area contributed by atoms with Crippen molar-refractivity contribution in [3.8, 4) is 0 Å². The number of para-hydroxylation sites is 1. The molecule has 2 heterocycles. The minimum Gasteiger partial charge on any atom is -0.356 e. The third-order valence-electron chi connectivity index (χ3n) is 4.20. The summed E-state index contributed by atoms with van der Waals surface area (Å²) in [5.74, 6) is 7.82. The largest absolute Gasteiger partial charge is 0.356 e. The maximum Gasteiger partial charge on any atom is 0.239 e. The lowest BCUT2D eigenvalue weighted by Crippen LogP contribution is -2.34. The lowest BCUT2D eigenvalue weighted by Gasteiger charge is -2.33. The number of hydrogen-bond donors (Lipinski definition) is 2. The zero-order chi connectivity index (χ0) is 13.9. The molecule has 3 rings (SSSR count). The van der Waals surface area contributed by atoms with E-state index in [1.165, 1.54) is 19.3 Å². The van der Waals surface area contributed by atoms with Crippen molar-refractivity contribution in [3.05, 3.63) is 24.3 Å². The smallest absolute Gasteiger partial charge is 0.239 e. The van der Waals surface area contributed by atoms with Crippen molar-refractivity contribution in [1.82, 2.24) is 9.97 Å². The quantitative estimate of drug-likeness (QED) is 0.663. The van der Waals surface area contributed by atoms with Crippen LogP contribution in [0.15, 0.2) is 24.3 Å². The Balaban J connectivity index is 1.98. The highest BCUT2D eigenvalue weighted by molar-refractivity contribution is 5.90. The molecule has 0 bridgehead atoms. The number of piperidine rings is 1. The molecule has 0 amide bonds. The van der Waals surface area contributed by atoms with Gasteiger partial charge in [-0.3, -0.25) is 5.43 Å². The van der Waals surface area contributed by atoms with Crippen LogP contribution in [0.4, 0.5) is 11.8 Å². The second kappa shape index (κ2) is 5.63. The summed E-state index contributed by atoms with van der Waals surface area (Å²) in [7, 11) is 0. The highest BCUT2D eigenvalue weighted by Gasteiger charge is 2.21. The summed E-state index contributed by atoms with van der Waals surface area (Å²) >= 11 is 0. The third kappa shape index (κ3) is 2.41. The highest BCUT2D eigenvalue weighted by Crippen LogP contribution is 2.29. The van der Waals surface area contributed by atoms with Crippen LogP contribution < -0.4 is 16.2 Å². The van der Waals surface area contributed by atoms with Crippen LogP contribution in [0.3, 0.4) is 0 Å². The normalized spacial score (nSPS) is 16.6. The molecule has 2 aromatic rings. The molecule has 5 heteroatoms. The van der Waals surface area contributed by atoms with Crippen LogP contribution in [0.2, 0.25) is 0 Å². The molecule has 0 spiro atoms. The minimum absolute atomic E-state index is 0.483. The molecule has 5 nitrogen and oxygen atoms in total. The second-order valence-corrected chi connectivity index (χ2v) is 5.37. The fourth-order valence-corrected chi connectivity index (χ4v) is 2.92. The summed E-state index contributed by atoms with van der Waals surface area (Å²) in [6, 6.07) is 8.10. The van der Waals surface area contributed by atoms with E-state index in [0.29, 0.717) is 5.95 Å². The van der Waals surface area contributed by atoms with Crippen LogP contribution in [0.25, 0.3) is 10.9 Å². The summed E-state index contributed by atoms with van der Waals surface area (Å²) in [6.45, 7) is 4.39. The van der Waals surface area contributed by atoms with Gasteiger partial charge in [-0.05, 0) is 30.9 Å². The van der Waals surface area contributed by atoms with Gasteiger partial charge in [-0.1, -0.05) is 25.5 Å². The predicted molar refractivity (Wildman–Crippen MR) is 82.6 cm³/mol. The lowest BCUT2D eigenvalue weighted by atomic mass is 9.94. The molecule has 1 aromatic heterocycles. The topological polar surface area (TPSA) is 67.1 Å². The Morgan fingerprint density at radius 3 is 2.70 bits per heavy atom. The van der Waals surface area contributed by atoms with Gasteiger partial charge >= 0.3 is 0 Å². The molecule has 1 fully saturated rings. The Labute approximate surface area is 119 Å². The number of hydrogen-bond acceptors (Lipinski definition) is 5. The van der Waals surface area contributed by atoms with Gasteiger partial charge in [0.25, 0.3) is 0 Å². The van der Waals surface area contributed by atoms with Gasteiger partial charge in [-0.15, -0.1) is 0 Å². The van der Waals surface area contributed by atoms with Crippen LogP contribution in [0.1, 0.15) is 26.2 Å². The number of rotatable bonds is 3. The minimum atomic E-state index is 0.483. The van der Waals surface area contributed by atoms with E-state index < -0.39 is 0 Å². The van der Waals surface area contributed by atoms with Gasteiger partial charge in [0, 0.05) is 18.5 Å². The number of fused-ring (bicyclic) bond motifs is 1. The van der Waals surface area contributed by atoms with Gasteiger partial charge in [-0.2, -0.15) is 4.98 Å². The number of nitrogens with one attached hydrogen (secondary N) is 1. The molecule has 1 aromatic carbocycles. The van der Waals surface area contributed by atoms with E-state index in [1.807, 2.05) is 18.2 Å². The summed E-state index contributed by atoms with van der Waals surface area (Å²) in [5.41, 5.74) is 3.50. The predicted octanol–water partition coefficient (Wildman–Crippen LogP) is 2.54. The van der Waals surface area contributed by atoms with Crippen molar-refractivity contribution in [3.63, 3.8) is 0 Å². The van der Waals surface area contributed by atoms with Crippen molar-refractivity contribution >= 4 is 22.7 Å². The average Bonchev–Trinajstić information content (AvgIpc) is 2.54. The van der Waals surface area contributed by atoms with Gasteiger partial charge in [0.1, 0.15) is 5.82 Å². The van der Waals surface area contributed by atoms with Crippen molar-refractivity contribution in [2.45, 2.75) is 26.2 Å². The molecule has 0 atom stereocenters. The number of nitrogens with zero attached hydrogens (tertiary/aromatic N) is 3. The molecule has 1 aliphatic heterocycles. The first-order chi connectivity index (χ1) is 9.81. The third-order valence-corrected chi connectivity index (χ3v) is 4.20. The fraction of sp³-hybridized carbons (Fsp3) is 0.467. The van der Waals surface area contributed by atoms with Crippen LogP contribution in [0, 0.1) is 5.92 Å². The summed E-state index contributed by atoms with van der Waals surface area (Å²) in [5, 5.41) is 1.10. The van der Waals surface area contributed by atoms with Crippen LogP contribution in [-0.2, 0) is 0 Å². The molecule has 1 aliphatic rings. The number of hydrazine groups is 1. The molecule has 3 N–H and O–H groups in total. The molecule has 0 saturated carbocycles. The maximum atomic E-state index is 5.49. The number of nitrogen functional groups attached to an aromatic ring is 1. The number of aromatic nitrogens is 2.